The number of hydrogen-bond donors (Lipinski definition) is 2. The zero-order valence-corrected chi connectivity index (χ0v) is 19.1. The average Bonchev–Trinajstić information content (AvgIpc) is 3.31. The Bertz CT molecular complexity index is 1200. The van der Waals surface area contributed by atoms with Gasteiger partial charge in [0.05, 0.1) is 0 Å². The summed E-state index contributed by atoms with van der Waals surface area (Å²) in [6, 6.07) is 18.9. The van der Waals surface area contributed by atoms with Crippen LogP contribution in [-0.2, 0) is 13.1 Å². The van der Waals surface area contributed by atoms with E-state index in [1.165, 1.54) is 11.6 Å². The van der Waals surface area contributed by atoms with Crippen molar-refractivity contribution < 1.29 is 18.7 Å². The summed E-state index contributed by atoms with van der Waals surface area (Å²) in [7, 11) is 0. The average molecular weight is 462 g/mol. The highest BCUT2D eigenvalue weighted by Crippen LogP contribution is 2.32. The first-order valence-electron chi connectivity index (χ1n) is 11.6. The Labute approximate surface area is 198 Å². The lowest BCUT2D eigenvalue weighted by Gasteiger charge is -2.31. The maximum absolute atomic E-state index is 14.5. The van der Waals surface area contributed by atoms with E-state index in [4.69, 9.17) is 9.47 Å². The van der Waals surface area contributed by atoms with Gasteiger partial charge >= 0.3 is 0 Å². The van der Waals surface area contributed by atoms with Crippen LogP contribution in [0.3, 0.4) is 0 Å². The Morgan fingerprint density at radius 1 is 1.09 bits per heavy atom. The number of fused-ring (bicyclic) bond motifs is 1. The fourth-order valence-corrected chi connectivity index (χ4v) is 4.47. The van der Waals surface area contributed by atoms with Gasteiger partial charge in [-0.05, 0) is 60.0 Å². The lowest BCUT2D eigenvalue weighted by atomic mass is 10.00. The summed E-state index contributed by atoms with van der Waals surface area (Å²) in [5.41, 5.74) is 4.06. The molecule has 1 amide bonds. The van der Waals surface area contributed by atoms with Gasteiger partial charge in [-0.2, -0.15) is 0 Å². The third-order valence-corrected chi connectivity index (χ3v) is 6.24. The first-order valence-corrected chi connectivity index (χ1v) is 11.6. The number of nitrogens with zero attached hydrogens (tertiary/aromatic N) is 1. The maximum atomic E-state index is 14.5. The van der Waals surface area contributed by atoms with Crippen LogP contribution in [0.5, 0.6) is 11.5 Å². The van der Waals surface area contributed by atoms with E-state index >= 15 is 0 Å². The first kappa shape index (κ1) is 22.4. The molecule has 0 radical (unpaired) electrons. The van der Waals surface area contributed by atoms with Crippen molar-refractivity contribution in [2.24, 2.45) is 0 Å². The summed E-state index contributed by atoms with van der Waals surface area (Å²) in [6.45, 7) is 6.37. The van der Waals surface area contributed by atoms with Crippen molar-refractivity contribution in [1.82, 2.24) is 15.5 Å². The van der Waals surface area contributed by atoms with Crippen molar-refractivity contribution >= 4 is 5.91 Å². The van der Waals surface area contributed by atoms with Gasteiger partial charge < -0.3 is 20.1 Å². The highest BCUT2D eigenvalue weighted by atomic mass is 19.1. The number of ether oxygens (including phenoxy) is 2. The number of nitrogens with one attached hydrogen (secondary N) is 2. The van der Waals surface area contributed by atoms with Crippen LogP contribution in [0, 0.1) is 5.82 Å². The number of carbonyl (C=O) groups is 1. The highest BCUT2D eigenvalue weighted by Gasteiger charge is 2.17. The molecule has 0 bridgehead atoms. The van der Waals surface area contributed by atoms with E-state index in [1.807, 2.05) is 12.1 Å². The van der Waals surface area contributed by atoms with Gasteiger partial charge in [0.25, 0.3) is 5.91 Å². The topological polar surface area (TPSA) is 62.8 Å². The van der Waals surface area contributed by atoms with Crippen molar-refractivity contribution in [3.63, 3.8) is 0 Å². The Hall–Kier alpha value is -3.42. The Kier molecular flexibility index (Phi) is 6.47. The molecule has 0 unspecified atom stereocenters. The van der Waals surface area contributed by atoms with Crippen LogP contribution in [0.4, 0.5) is 4.39 Å². The lowest BCUT2D eigenvalue weighted by molar-refractivity contribution is 0.0950. The van der Waals surface area contributed by atoms with Gasteiger partial charge in [0.2, 0.25) is 6.79 Å². The minimum atomic E-state index is -0.347. The predicted molar refractivity (Wildman–Crippen MR) is 128 cm³/mol. The molecule has 6 nitrogen and oxygen atoms in total. The molecule has 3 aromatic carbocycles. The van der Waals surface area contributed by atoms with Crippen LogP contribution >= 0.6 is 0 Å². The Morgan fingerprint density at radius 3 is 2.82 bits per heavy atom. The van der Waals surface area contributed by atoms with Gasteiger partial charge in [-0.15, -0.1) is 0 Å². The molecule has 0 saturated carbocycles. The second kappa shape index (κ2) is 9.83. The van der Waals surface area contributed by atoms with E-state index in [2.05, 4.69) is 34.6 Å². The molecule has 0 aromatic heterocycles. The normalized spacial score (nSPS) is 17.5. The van der Waals surface area contributed by atoms with Crippen LogP contribution in [0.25, 0.3) is 11.1 Å². The van der Waals surface area contributed by atoms with Crippen molar-refractivity contribution in [3.05, 3.63) is 83.2 Å². The molecule has 1 atom stereocenters. The van der Waals surface area contributed by atoms with Gasteiger partial charge in [-0.1, -0.05) is 24.3 Å². The second-order valence-electron chi connectivity index (χ2n) is 8.85. The smallest absolute Gasteiger partial charge is 0.251 e. The van der Waals surface area contributed by atoms with Crippen molar-refractivity contribution in [3.8, 4) is 22.6 Å². The number of piperazine rings is 1. The molecule has 7 heteroatoms. The third-order valence-electron chi connectivity index (χ3n) is 6.24. The molecule has 0 aliphatic carbocycles. The first-order chi connectivity index (χ1) is 16.5. The third kappa shape index (κ3) is 5.05. The van der Waals surface area contributed by atoms with E-state index in [0.29, 0.717) is 28.7 Å². The summed E-state index contributed by atoms with van der Waals surface area (Å²) >= 11 is 0. The molecule has 2 aliphatic heterocycles. The number of rotatable bonds is 6. The summed E-state index contributed by atoms with van der Waals surface area (Å²) < 4.78 is 25.2. The summed E-state index contributed by atoms with van der Waals surface area (Å²) in [5.74, 6) is 0.510. The predicted octanol–water partition coefficient (Wildman–Crippen LogP) is 3.95. The summed E-state index contributed by atoms with van der Waals surface area (Å²) in [5, 5.41) is 6.28. The summed E-state index contributed by atoms with van der Waals surface area (Å²) in [6.07, 6.45) is 0. The van der Waals surface area contributed by atoms with Gasteiger partial charge in [-0.3, -0.25) is 9.69 Å². The monoisotopic (exact) mass is 461 g/mol. The maximum Gasteiger partial charge on any atom is 0.251 e. The minimum Gasteiger partial charge on any atom is -0.454 e. The van der Waals surface area contributed by atoms with Crippen LogP contribution in [-0.4, -0.2) is 43.3 Å². The molecule has 176 valence electrons. The lowest BCUT2D eigenvalue weighted by Crippen LogP contribution is -2.48. The zero-order chi connectivity index (χ0) is 23.5. The van der Waals surface area contributed by atoms with E-state index in [9.17, 15) is 9.18 Å². The van der Waals surface area contributed by atoms with Gasteiger partial charge in [0.15, 0.2) is 11.5 Å². The minimum absolute atomic E-state index is 0.0886. The molecule has 0 spiro atoms. The van der Waals surface area contributed by atoms with E-state index in [0.717, 1.165) is 37.3 Å². The van der Waals surface area contributed by atoms with Crippen LogP contribution in [0.1, 0.15) is 28.4 Å². The standard InChI is InChI=1S/C27H28FN3O3/c1-18-15-31(10-9-29-18)16-19-3-2-4-20(11-19)21-5-7-24(28)23(12-21)14-30-27(32)22-6-8-25-26(13-22)34-17-33-25/h2-8,11-13,18,29H,9-10,14-17H2,1H3,(H,30,32)/t18-/m0/s1. The van der Waals surface area contributed by atoms with Crippen LogP contribution in [0.2, 0.25) is 0 Å². The molecule has 2 heterocycles. The highest BCUT2D eigenvalue weighted by molar-refractivity contribution is 5.94. The van der Waals surface area contributed by atoms with Gasteiger partial charge in [0, 0.05) is 49.9 Å². The number of benzene rings is 3. The van der Waals surface area contributed by atoms with Gasteiger partial charge in [0.1, 0.15) is 5.82 Å². The Morgan fingerprint density at radius 2 is 1.94 bits per heavy atom. The van der Waals surface area contributed by atoms with Gasteiger partial charge in [-0.25, -0.2) is 4.39 Å². The van der Waals surface area contributed by atoms with Crippen LogP contribution in [0.15, 0.2) is 60.7 Å². The zero-order valence-electron chi connectivity index (χ0n) is 19.1. The van der Waals surface area contributed by atoms with E-state index in [-0.39, 0.29) is 25.1 Å². The molecule has 2 N–H and O–H groups in total. The summed E-state index contributed by atoms with van der Waals surface area (Å²) in [4.78, 5) is 15.0. The number of carbonyl (C=O) groups excluding carboxylic acids is 1. The van der Waals surface area contributed by atoms with Crippen molar-refractivity contribution in [2.45, 2.75) is 26.1 Å². The quantitative estimate of drug-likeness (QED) is 0.582. The van der Waals surface area contributed by atoms with Crippen molar-refractivity contribution in [1.29, 1.82) is 0 Å². The number of hydrogen-bond acceptors (Lipinski definition) is 5. The molecular formula is C27H28FN3O3. The number of amides is 1. The van der Waals surface area contributed by atoms with E-state index in [1.54, 1.807) is 30.3 Å². The number of halogens is 1. The fourth-order valence-electron chi connectivity index (χ4n) is 4.47. The molecule has 1 saturated heterocycles. The molecule has 34 heavy (non-hydrogen) atoms. The molecule has 2 aliphatic rings. The molecular weight excluding hydrogens is 433 g/mol. The van der Waals surface area contributed by atoms with Crippen molar-refractivity contribution in [2.75, 3.05) is 26.4 Å². The Balaban J connectivity index is 1.27. The molecule has 1 fully saturated rings. The molecule has 5 rings (SSSR count). The SMILES string of the molecule is C[C@H]1CN(Cc2cccc(-c3ccc(F)c(CNC(=O)c4ccc5c(c4)OCO5)c3)c2)CCN1. The van der Waals surface area contributed by atoms with Crippen LogP contribution < -0.4 is 20.1 Å². The fraction of sp³-hybridized carbons (Fsp3) is 0.296. The van der Waals surface area contributed by atoms with E-state index < -0.39 is 0 Å². The largest absolute Gasteiger partial charge is 0.454 e. The second-order valence-corrected chi connectivity index (χ2v) is 8.85. The molecule has 3 aromatic rings.